The summed E-state index contributed by atoms with van der Waals surface area (Å²) in [6.45, 7) is 2.52. The van der Waals surface area contributed by atoms with Crippen LogP contribution < -0.4 is 15.4 Å². The van der Waals surface area contributed by atoms with Crippen molar-refractivity contribution in [2.75, 3.05) is 18.4 Å². The molecule has 0 aliphatic carbocycles. The first-order chi connectivity index (χ1) is 12.3. The summed E-state index contributed by atoms with van der Waals surface area (Å²) >= 11 is 3.55. The average molecular weight is 400 g/mol. The number of anilines is 1. The lowest BCUT2D eigenvalue weighted by Gasteiger charge is -2.18. The molecule has 1 fully saturated rings. The van der Waals surface area contributed by atoms with E-state index >= 15 is 0 Å². The first kappa shape index (κ1) is 16.2. The SMILES string of the molecule is Brc1cncc(NCc2ccc3nccnc3c2)c1OC1CCNC1. The van der Waals surface area contributed by atoms with Gasteiger partial charge in [-0.3, -0.25) is 15.0 Å². The van der Waals surface area contributed by atoms with Gasteiger partial charge in [0, 0.05) is 31.7 Å². The van der Waals surface area contributed by atoms with Gasteiger partial charge in [0.05, 0.1) is 27.4 Å². The molecule has 3 heterocycles. The summed E-state index contributed by atoms with van der Waals surface area (Å²) in [5.74, 6) is 0.810. The molecule has 1 aliphatic rings. The molecule has 1 saturated heterocycles. The van der Waals surface area contributed by atoms with Crippen molar-refractivity contribution < 1.29 is 4.74 Å². The normalized spacial score (nSPS) is 16.9. The first-order valence-corrected chi connectivity index (χ1v) is 9.03. The van der Waals surface area contributed by atoms with Crippen LogP contribution in [-0.2, 0) is 6.54 Å². The third-order valence-corrected chi connectivity index (χ3v) is 4.73. The van der Waals surface area contributed by atoms with E-state index in [9.17, 15) is 0 Å². The molecule has 4 rings (SSSR count). The van der Waals surface area contributed by atoms with Gasteiger partial charge < -0.3 is 15.4 Å². The molecule has 0 spiro atoms. The van der Waals surface area contributed by atoms with Crippen LogP contribution in [0.3, 0.4) is 0 Å². The highest BCUT2D eigenvalue weighted by Crippen LogP contribution is 2.34. The van der Waals surface area contributed by atoms with Crippen LogP contribution in [0.15, 0.2) is 47.5 Å². The van der Waals surface area contributed by atoms with Crippen molar-refractivity contribution in [2.24, 2.45) is 0 Å². The first-order valence-electron chi connectivity index (χ1n) is 8.24. The van der Waals surface area contributed by atoms with E-state index in [1.807, 2.05) is 12.1 Å². The minimum atomic E-state index is 0.190. The Bertz CT molecular complexity index is 882. The highest BCUT2D eigenvalue weighted by molar-refractivity contribution is 9.10. The third-order valence-electron chi connectivity index (χ3n) is 4.17. The Balaban J connectivity index is 1.52. The number of benzene rings is 1. The molecule has 3 aromatic rings. The molecule has 0 saturated carbocycles. The van der Waals surface area contributed by atoms with Crippen molar-refractivity contribution >= 4 is 32.7 Å². The van der Waals surface area contributed by atoms with Crippen molar-refractivity contribution in [3.05, 3.63) is 53.0 Å². The molecule has 1 unspecified atom stereocenters. The minimum absolute atomic E-state index is 0.190. The molecule has 0 bridgehead atoms. The van der Waals surface area contributed by atoms with Crippen LogP contribution in [0.1, 0.15) is 12.0 Å². The number of nitrogens with zero attached hydrogens (tertiary/aromatic N) is 3. The lowest BCUT2D eigenvalue weighted by molar-refractivity contribution is 0.222. The molecule has 1 aromatic carbocycles. The predicted octanol–water partition coefficient (Wildman–Crippen LogP) is 3.14. The van der Waals surface area contributed by atoms with Crippen molar-refractivity contribution in [3.8, 4) is 5.75 Å². The second kappa shape index (κ2) is 7.33. The maximum absolute atomic E-state index is 6.16. The lowest BCUT2D eigenvalue weighted by atomic mass is 10.2. The lowest BCUT2D eigenvalue weighted by Crippen LogP contribution is -2.20. The van der Waals surface area contributed by atoms with Gasteiger partial charge in [-0.25, -0.2) is 0 Å². The zero-order valence-corrected chi connectivity index (χ0v) is 15.2. The van der Waals surface area contributed by atoms with Gasteiger partial charge >= 0.3 is 0 Å². The number of halogens is 1. The van der Waals surface area contributed by atoms with Gasteiger partial charge in [-0.05, 0) is 46.6 Å². The fourth-order valence-electron chi connectivity index (χ4n) is 2.88. The van der Waals surface area contributed by atoms with E-state index < -0.39 is 0 Å². The van der Waals surface area contributed by atoms with Crippen molar-refractivity contribution in [2.45, 2.75) is 19.1 Å². The number of aromatic nitrogens is 3. The number of pyridine rings is 1. The molecule has 6 nitrogen and oxygen atoms in total. The summed E-state index contributed by atoms with van der Waals surface area (Å²) in [5.41, 5.74) is 3.79. The number of nitrogens with one attached hydrogen (secondary N) is 2. The van der Waals surface area contributed by atoms with Crippen LogP contribution in [0.2, 0.25) is 0 Å². The van der Waals surface area contributed by atoms with Crippen LogP contribution in [0.4, 0.5) is 5.69 Å². The molecule has 0 radical (unpaired) electrons. The molecule has 2 aromatic heterocycles. The quantitative estimate of drug-likeness (QED) is 0.686. The number of ether oxygens (including phenoxy) is 1. The highest BCUT2D eigenvalue weighted by atomic mass is 79.9. The average Bonchev–Trinajstić information content (AvgIpc) is 3.15. The number of hydrogen-bond acceptors (Lipinski definition) is 6. The second-order valence-electron chi connectivity index (χ2n) is 5.96. The summed E-state index contributed by atoms with van der Waals surface area (Å²) in [5, 5.41) is 6.74. The molecule has 25 heavy (non-hydrogen) atoms. The van der Waals surface area contributed by atoms with Gasteiger partial charge in [-0.15, -0.1) is 0 Å². The molecule has 7 heteroatoms. The largest absolute Gasteiger partial charge is 0.486 e. The Morgan fingerprint density at radius 3 is 2.92 bits per heavy atom. The maximum Gasteiger partial charge on any atom is 0.160 e. The highest BCUT2D eigenvalue weighted by Gasteiger charge is 2.19. The Morgan fingerprint density at radius 1 is 1.20 bits per heavy atom. The van der Waals surface area contributed by atoms with Gasteiger partial charge in [-0.2, -0.15) is 0 Å². The zero-order valence-electron chi connectivity index (χ0n) is 13.6. The van der Waals surface area contributed by atoms with Crippen molar-refractivity contribution in [1.82, 2.24) is 20.3 Å². The van der Waals surface area contributed by atoms with E-state index in [0.717, 1.165) is 52.0 Å². The van der Waals surface area contributed by atoms with Crippen LogP contribution in [0.5, 0.6) is 5.75 Å². The minimum Gasteiger partial charge on any atom is -0.486 e. The van der Waals surface area contributed by atoms with Gasteiger partial charge in [0.2, 0.25) is 0 Å². The Hall–Kier alpha value is -2.25. The summed E-state index contributed by atoms with van der Waals surface area (Å²) in [7, 11) is 0. The molecule has 0 amide bonds. The van der Waals surface area contributed by atoms with Crippen LogP contribution in [-0.4, -0.2) is 34.1 Å². The molecule has 128 valence electrons. The van der Waals surface area contributed by atoms with E-state index in [-0.39, 0.29) is 6.10 Å². The number of hydrogen-bond donors (Lipinski definition) is 2. The smallest absolute Gasteiger partial charge is 0.160 e. The van der Waals surface area contributed by atoms with Gasteiger partial charge in [0.15, 0.2) is 5.75 Å². The molecule has 1 aliphatic heterocycles. The topological polar surface area (TPSA) is 72.0 Å². The predicted molar refractivity (Wildman–Crippen MR) is 101 cm³/mol. The summed E-state index contributed by atoms with van der Waals surface area (Å²) < 4.78 is 7.02. The summed E-state index contributed by atoms with van der Waals surface area (Å²) in [6, 6.07) is 6.08. The maximum atomic E-state index is 6.16. The Kier molecular flexibility index (Phi) is 4.76. The fourth-order valence-corrected chi connectivity index (χ4v) is 3.31. The Morgan fingerprint density at radius 2 is 2.08 bits per heavy atom. The van der Waals surface area contributed by atoms with Crippen LogP contribution in [0.25, 0.3) is 11.0 Å². The van der Waals surface area contributed by atoms with Gasteiger partial charge in [0.25, 0.3) is 0 Å². The van der Waals surface area contributed by atoms with E-state index in [0.29, 0.717) is 6.54 Å². The van der Waals surface area contributed by atoms with Gasteiger partial charge in [0.1, 0.15) is 6.10 Å². The van der Waals surface area contributed by atoms with Crippen LogP contribution >= 0.6 is 15.9 Å². The second-order valence-corrected chi connectivity index (χ2v) is 6.82. The Labute approximate surface area is 154 Å². The van der Waals surface area contributed by atoms with Gasteiger partial charge in [-0.1, -0.05) is 6.07 Å². The molecular formula is C18H18BrN5O. The van der Waals surface area contributed by atoms with E-state index in [2.05, 4.69) is 47.6 Å². The van der Waals surface area contributed by atoms with E-state index in [4.69, 9.17) is 4.74 Å². The van der Waals surface area contributed by atoms with Crippen molar-refractivity contribution in [3.63, 3.8) is 0 Å². The standard InChI is InChI=1S/C18H18BrN5O/c19-14-10-21-11-17(18(14)25-13-3-4-20-9-13)24-8-12-1-2-15-16(7-12)23-6-5-22-15/h1-2,5-7,10-11,13,20,24H,3-4,8-9H2. The summed E-state index contributed by atoms with van der Waals surface area (Å²) in [4.78, 5) is 12.9. The van der Waals surface area contributed by atoms with E-state index in [1.54, 1.807) is 24.8 Å². The third kappa shape index (κ3) is 3.72. The number of rotatable bonds is 5. The molecule has 2 N–H and O–H groups in total. The van der Waals surface area contributed by atoms with E-state index in [1.165, 1.54) is 0 Å². The number of fused-ring (bicyclic) bond motifs is 1. The van der Waals surface area contributed by atoms with Crippen molar-refractivity contribution in [1.29, 1.82) is 0 Å². The fraction of sp³-hybridized carbons (Fsp3) is 0.278. The molecule has 1 atom stereocenters. The molecular weight excluding hydrogens is 382 g/mol. The monoisotopic (exact) mass is 399 g/mol. The zero-order chi connectivity index (χ0) is 17.1. The summed E-state index contributed by atoms with van der Waals surface area (Å²) in [6.07, 6.45) is 8.17. The van der Waals surface area contributed by atoms with Crippen LogP contribution in [0, 0.1) is 0 Å².